The van der Waals surface area contributed by atoms with Gasteiger partial charge in [0.2, 0.25) is 0 Å². The first-order valence-electron chi connectivity index (χ1n) is 5.54. The van der Waals surface area contributed by atoms with Crippen molar-refractivity contribution in [2.24, 2.45) is 5.41 Å². The van der Waals surface area contributed by atoms with E-state index in [4.69, 9.17) is 0 Å². The second-order valence-corrected chi connectivity index (χ2v) is 5.32. The number of hydrogen-bond donors (Lipinski definition) is 0. The molecule has 1 aliphatic rings. The molecule has 0 fully saturated rings. The summed E-state index contributed by atoms with van der Waals surface area (Å²) in [6.07, 6.45) is 10.4. The van der Waals surface area contributed by atoms with Gasteiger partial charge in [-0.15, -0.1) is 0 Å². The molecule has 0 aliphatic carbocycles. The van der Waals surface area contributed by atoms with Crippen LogP contribution in [0.4, 0.5) is 0 Å². The molecule has 1 heteroatoms. The van der Waals surface area contributed by atoms with E-state index in [0.717, 1.165) is 6.54 Å². The summed E-state index contributed by atoms with van der Waals surface area (Å²) >= 11 is 0. The van der Waals surface area contributed by atoms with Crippen molar-refractivity contribution in [2.45, 2.75) is 46.6 Å². The van der Waals surface area contributed by atoms with E-state index in [-0.39, 0.29) is 11.0 Å². The number of nitrogens with zero attached hydrogens (tertiary/aromatic N) is 1. The molecule has 80 valence electrons. The molecule has 1 aliphatic heterocycles. The summed E-state index contributed by atoms with van der Waals surface area (Å²) in [5.74, 6) is 0. The minimum atomic E-state index is 0.153. The van der Waals surface area contributed by atoms with Gasteiger partial charge in [-0.05, 0) is 26.5 Å². The van der Waals surface area contributed by atoms with E-state index >= 15 is 0 Å². The SMILES string of the molecule is CCCN1C=CC(C)(C)C=CC1(C)C. The lowest BCUT2D eigenvalue weighted by molar-refractivity contribution is 0.238. The van der Waals surface area contributed by atoms with Crippen molar-refractivity contribution in [1.82, 2.24) is 4.90 Å². The fourth-order valence-corrected chi connectivity index (χ4v) is 1.65. The van der Waals surface area contributed by atoms with E-state index < -0.39 is 0 Å². The third-order valence-corrected chi connectivity index (χ3v) is 2.81. The molecule has 0 atom stereocenters. The van der Waals surface area contributed by atoms with E-state index in [9.17, 15) is 0 Å². The highest BCUT2D eigenvalue weighted by atomic mass is 15.2. The summed E-state index contributed by atoms with van der Waals surface area (Å²) in [7, 11) is 0. The van der Waals surface area contributed by atoms with Gasteiger partial charge in [-0.25, -0.2) is 0 Å². The molecule has 0 saturated carbocycles. The molecule has 0 aromatic carbocycles. The summed E-state index contributed by atoms with van der Waals surface area (Å²) in [4.78, 5) is 2.41. The molecule has 0 N–H and O–H groups in total. The molecule has 0 radical (unpaired) electrons. The van der Waals surface area contributed by atoms with E-state index in [1.54, 1.807) is 0 Å². The van der Waals surface area contributed by atoms with Crippen molar-refractivity contribution >= 4 is 0 Å². The van der Waals surface area contributed by atoms with Crippen molar-refractivity contribution in [3.8, 4) is 0 Å². The van der Waals surface area contributed by atoms with Crippen LogP contribution in [0.3, 0.4) is 0 Å². The molecule has 1 nitrogen and oxygen atoms in total. The normalized spacial score (nSPS) is 23.6. The van der Waals surface area contributed by atoms with Gasteiger partial charge in [0, 0.05) is 12.0 Å². The zero-order chi connectivity index (χ0) is 10.8. The Labute approximate surface area is 88.5 Å². The fourth-order valence-electron chi connectivity index (χ4n) is 1.65. The summed E-state index contributed by atoms with van der Waals surface area (Å²) in [5.41, 5.74) is 0.347. The Bertz CT molecular complexity index is 246. The first-order chi connectivity index (χ1) is 6.37. The molecule has 0 amide bonds. The standard InChI is InChI=1S/C13H23N/c1-6-10-14-11-9-12(2,3)7-8-13(14,4)5/h7-9,11H,6,10H2,1-5H3. The molecule has 0 aromatic rings. The van der Waals surface area contributed by atoms with Crippen molar-refractivity contribution < 1.29 is 0 Å². The Balaban J connectivity index is 2.92. The molecule has 1 rings (SSSR count). The maximum absolute atomic E-state index is 2.41. The van der Waals surface area contributed by atoms with Gasteiger partial charge < -0.3 is 4.90 Å². The topological polar surface area (TPSA) is 3.24 Å². The smallest absolute Gasteiger partial charge is 0.0523 e. The highest BCUT2D eigenvalue weighted by Crippen LogP contribution is 2.28. The molecule has 1 heterocycles. The van der Waals surface area contributed by atoms with Gasteiger partial charge in [-0.2, -0.15) is 0 Å². The van der Waals surface area contributed by atoms with Crippen molar-refractivity contribution in [3.63, 3.8) is 0 Å². The molecule has 0 spiro atoms. The van der Waals surface area contributed by atoms with Crippen LogP contribution >= 0.6 is 0 Å². The average Bonchev–Trinajstić information content (AvgIpc) is 2.17. The molecule has 0 bridgehead atoms. The molecule has 0 unspecified atom stereocenters. The summed E-state index contributed by atoms with van der Waals surface area (Å²) in [6, 6.07) is 0. The van der Waals surface area contributed by atoms with Crippen molar-refractivity contribution in [2.75, 3.05) is 6.54 Å². The Morgan fingerprint density at radius 2 is 1.64 bits per heavy atom. The molecular formula is C13H23N. The largest absolute Gasteiger partial charge is 0.369 e. The number of allylic oxidation sites excluding steroid dienone is 2. The minimum Gasteiger partial charge on any atom is -0.369 e. The first kappa shape index (κ1) is 11.4. The van der Waals surface area contributed by atoms with Crippen LogP contribution in [0.5, 0.6) is 0 Å². The zero-order valence-corrected chi connectivity index (χ0v) is 10.2. The van der Waals surface area contributed by atoms with Crippen molar-refractivity contribution in [3.05, 3.63) is 24.4 Å². The van der Waals surface area contributed by atoms with Crippen LogP contribution < -0.4 is 0 Å². The van der Waals surface area contributed by atoms with Crippen LogP contribution in [0, 0.1) is 5.41 Å². The van der Waals surface area contributed by atoms with Crippen molar-refractivity contribution in [1.29, 1.82) is 0 Å². The first-order valence-corrected chi connectivity index (χ1v) is 5.54. The number of hydrogen-bond acceptors (Lipinski definition) is 1. The van der Waals surface area contributed by atoms with E-state index in [2.05, 4.69) is 63.9 Å². The number of rotatable bonds is 2. The fraction of sp³-hybridized carbons (Fsp3) is 0.692. The van der Waals surface area contributed by atoms with Crippen LogP contribution in [-0.2, 0) is 0 Å². The zero-order valence-electron chi connectivity index (χ0n) is 10.2. The maximum Gasteiger partial charge on any atom is 0.0523 e. The molecular weight excluding hydrogens is 170 g/mol. The van der Waals surface area contributed by atoms with E-state index in [0.29, 0.717) is 0 Å². The van der Waals surface area contributed by atoms with Crippen LogP contribution in [-0.4, -0.2) is 17.0 Å². The average molecular weight is 193 g/mol. The van der Waals surface area contributed by atoms with Gasteiger partial charge in [0.05, 0.1) is 5.54 Å². The molecule has 14 heavy (non-hydrogen) atoms. The van der Waals surface area contributed by atoms with Gasteiger partial charge in [0.25, 0.3) is 0 Å². The Morgan fingerprint density at radius 3 is 2.21 bits per heavy atom. The highest BCUT2D eigenvalue weighted by Gasteiger charge is 2.24. The van der Waals surface area contributed by atoms with Gasteiger partial charge in [-0.3, -0.25) is 0 Å². The quantitative estimate of drug-likeness (QED) is 0.606. The lowest BCUT2D eigenvalue weighted by atomic mass is 9.92. The summed E-state index contributed by atoms with van der Waals surface area (Å²) in [5, 5.41) is 0. The summed E-state index contributed by atoms with van der Waals surface area (Å²) in [6.45, 7) is 12.4. The Kier molecular flexibility index (Phi) is 3.08. The van der Waals surface area contributed by atoms with E-state index in [1.165, 1.54) is 6.42 Å². The maximum atomic E-state index is 2.41. The molecule has 0 saturated heterocycles. The second kappa shape index (κ2) is 3.80. The van der Waals surface area contributed by atoms with Gasteiger partial charge >= 0.3 is 0 Å². The van der Waals surface area contributed by atoms with Gasteiger partial charge in [0.1, 0.15) is 0 Å². The lowest BCUT2D eigenvalue weighted by Crippen LogP contribution is -2.38. The second-order valence-electron chi connectivity index (χ2n) is 5.32. The third kappa shape index (κ3) is 2.63. The lowest BCUT2D eigenvalue weighted by Gasteiger charge is -2.34. The van der Waals surface area contributed by atoms with Crippen LogP contribution in [0.2, 0.25) is 0 Å². The Hall–Kier alpha value is -0.720. The Morgan fingerprint density at radius 1 is 1.00 bits per heavy atom. The predicted molar refractivity (Wildman–Crippen MR) is 63.1 cm³/mol. The summed E-state index contributed by atoms with van der Waals surface area (Å²) < 4.78 is 0. The van der Waals surface area contributed by atoms with E-state index in [1.807, 2.05) is 0 Å². The van der Waals surface area contributed by atoms with Crippen LogP contribution in [0.15, 0.2) is 24.4 Å². The minimum absolute atomic E-state index is 0.153. The van der Waals surface area contributed by atoms with Crippen LogP contribution in [0.1, 0.15) is 41.0 Å². The van der Waals surface area contributed by atoms with Gasteiger partial charge in [-0.1, -0.05) is 39.0 Å². The predicted octanol–water partition coefficient (Wildman–Crippen LogP) is 3.59. The highest BCUT2D eigenvalue weighted by molar-refractivity contribution is 5.18. The molecule has 0 aromatic heterocycles. The third-order valence-electron chi connectivity index (χ3n) is 2.81. The van der Waals surface area contributed by atoms with Gasteiger partial charge in [0.15, 0.2) is 0 Å². The monoisotopic (exact) mass is 193 g/mol. The van der Waals surface area contributed by atoms with Crippen LogP contribution in [0.25, 0.3) is 0 Å².